The number of hydrogen-bond donors (Lipinski definition) is 0. The molecule has 1 fully saturated rings. The van der Waals surface area contributed by atoms with Gasteiger partial charge in [-0.05, 0) is 57.2 Å². The Morgan fingerprint density at radius 1 is 1.00 bits per heavy atom. The van der Waals surface area contributed by atoms with Gasteiger partial charge in [-0.15, -0.1) is 0 Å². The minimum absolute atomic E-state index is 0.0456. The third-order valence-electron chi connectivity index (χ3n) is 5.36. The lowest BCUT2D eigenvalue weighted by molar-refractivity contribution is -0.118. The van der Waals surface area contributed by atoms with Gasteiger partial charge in [-0.3, -0.25) is 4.79 Å². The molecule has 1 aliphatic heterocycles. The molecule has 0 spiro atoms. The first-order valence-corrected chi connectivity index (χ1v) is 13.6. The Bertz CT molecular complexity index is 885. The molecule has 0 amide bonds. The third kappa shape index (κ3) is 7.19. The maximum atomic E-state index is 12.8. The molecule has 1 aliphatic rings. The number of sulfonamides is 1. The van der Waals surface area contributed by atoms with E-state index in [0.29, 0.717) is 44.3 Å². The zero-order chi connectivity index (χ0) is 21.5. The Morgan fingerprint density at radius 3 is 2.34 bits per heavy atom. The molecule has 2 rings (SSSR count). The summed E-state index contributed by atoms with van der Waals surface area (Å²) in [6, 6.07) is 6.67. The van der Waals surface area contributed by atoms with Crippen LogP contribution < -0.4 is 0 Å². The molecule has 0 unspecified atom stereocenters. The van der Waals surface area contributed by atoms with E-state index in [4.69, 9.17) is 0 Å². The van der Waals surface area contributed by atoms with Crippen molar-refractivity contribution in [2.75, 3.05) is 18.8 Å². The van der Waals surface area contributed by atoms with E-state index >= 15 is 0 Å². The highest BCUT2D eigenvalue weighted by atomic mass is 32.2. The second-order valence-corrected chi connectivity index (χ2v) is 12.7. The van der Waals surface area contributed by atoms with Gasteiger partial charge in [-0.25, -0.2) is 16.8 Å². The van der Waals surface area contributed by atoms with Gasteiger partial charge in [0.1, 0.15) is 5.78 Å². The maximum Gasteiger partial charge on any atom is 0.243 e. The van der Waals surface area contributed by atoms with E-state index in [1.165, 1.54) is 4.31 Å². The van der Waals surface area contributed by atoms with Crippen molar-refractivity contribution < 1.29 is 21.6 Å². The summed E-state index contributed by atoms with van der Waals surface area (Å²) >= 11 is 0. The molecule has 0 radical (unpaired) electrons. The summed E-state index contributed by atoms with van der Waals surface area (Å²) in [5, 5.41) is -0.363. The van der Waals surface area contributed by atoms with Crippen molar-refractivity contribution in [2.45, 2.75) is 75.4 Å². The Kier molecular flexibility index (Phi) is 8.85. The fourth-order valence-electron chi connectivity index (χ4n) is 3.42. The molecule has 1 heterocycles. The van der Waals surface area contributed by atoms with Crippen molar-refractivity contribution in [2.24, 2.45) is 0 Å². The Morgan fingerprint density at radius 2 is 1.69 bits per heavy atom. The molecule has 0 aliphatic carbocycles. The Labute approximate surface area is 175 Å². The molecule has 0 saturated carbocycles. The predicted molar refractivity (Wildman–Crippen MR) is 115 cm³/mol. The lowest BCUT2D eigenvalue weighted by Gasteiger charge is -2.26. The number of sulfone groups is 1. The van der Waals surface area contributed by atoms with Gasteiger partial charge in [0.2, 0.25) is 10.0 Å². The van der Waals surface area contributed by atoms with Crippen LogP contribution in [0.5, 0.6) is 0 Å². The van der Waals surface area contributed by atoms with E-state index in [1.807, 2.05) is 0 Å². The van der Waals surface area contributed by atoms with Crippen LogP contribution in [0.15, 0.2) is 29.2 Å². The molecule has 164 valence electrons. The minimum Gasteiger partial charge on any atom is -0.299 e. The summed E-state index contributed by atoms with van der Waals surface area (Å²) in [5.74, 6) is 0.208. The van der Waals surface area contributed by atoms with Gasteiger partial charge in [0.15, 0.2) is 9.84 Å². The number of carbonyl (C=O) groups is 1. The van der Waals surface area contributed by atoms with Crippen molar-refractivity contribution in [1.82, 2.24) is 4.31 Å². The summed E-state index contributed by atoms with van der Waals surface area (Å²) in [4.78, 5) is 12.5. The van der Waals surface area contributed by atoms with Gasteiger partial charge in [0.25, 0.3) is 0 Å². The molecule has 6 nitrogen and oxygen atoms in total. The van der Waals surface area contributed by atoms with Crippen molar-refractivity contribution >= 4 is 25.6 Å². The lowest BCUT2D eigenvalue weighted by Crippen LogP contribution is -2.35. The number of carbonyl (C=O) groups excluding carboxylic acids is 1. The molecule has 1 aromatic carbocycles. The number of nitrogens with zero attached hydrogens (tertiary/aromatic N) is 1. The summed E-state index contributed by atoms with van der Waals surface area (Å²) in [6.45, 7) is 4.47. The second-order valence-electron chi connectivity index (χ2n) is 8.05. The fraction of sp³-hybridized carbons (Fsp3) is 0.667. The first-order valence-electron chi connectivity index (χ1n) is 10.5. The van der Waals surface area contributed by atoms with Crippen molar-refractivity contribution in [3.63, 3.8) is 0 Å². The van der Waals surface area contributed by atoms with Crippen LogP contribution in [-0.2, 0) is 31.1 Å². The van der Waals surface area contributed by atoms with Crippen LogP contribution in [0, 0.1) is 0 Å². The smallest absolute Gasteiger partial charge is 0.243 e. The quantitative estimate of drug-likeness (QED) is 0.489. The van der Waals surface area contributed by atoms with Gasteiger partial charge in [-0.1, -0.05) is 25.0 Å². The fourth-order valence-corrected chi connectivity index (χ4v) is 6.09. The first-order chi connectivity index (χ1) is 13.6. The van der Waals surface area contributed by atoms with Crippen LogP contribution in [0.4, 0.5) is 0 Å². The summed E-state index contributed by atoms with van der Waals surface area (Å²) in [5.41, 5.74) is 0.704. The normalized spacial score (nSPS) is 16.2. The Balaban J connectivity index is 1.84. The number of hydrogen-bond acceptors (Lipinski definition) is 5. The highest BCUT2D eigenvalue weighted by molar-refractivity contribution is 7.91. The van der Waals surface area contributed by atoms with E-state index in [1.54, 1.807) is 38.1 Å². The van der Waals surface area contributed by atoms with Crippen molar-refractivity contribution in [1.29, 1.82) is 0 Å². The van der Waals surface area contributed by atoms with Crippen LogP contribution in [0.1, 0.15) is 64.4 Å². The zero-order valence-electron chi connectivity index (χ0n) is 17.5. The molecule has 1 aromatic rings. The average molecular weight is 444 g/mol. The van der Waals surface area contributed by atoms with Gasteiger partial charge < -0.3 is 0 Å². The van der Waals surface area contributed by atoms with Crippen molar-refractivity contribution in [3.8, 4) is 0 Å². The van der Waals surface area contributed by atoms with Crippen LogP contribution in [0.2, 0.25) is 0 Å². The Hall–Kier alpha value is -1.25. The van der Waals surface area contributed by atoms with Gasteiger partial charge in [-0.2, -0.15) is 4.31 Å². The van der Waals surface area contributed by atoms with Crippen LogP contribution >= 0.6 is 0 Å². The highest BCUT2D eigenvalue weighted by Crippen LogP contribution is 2.21. The van der Waals surface area contributed by atoms with E-state index in [2.05, 4.69) is 0 Å². The van der Waals surface area contributed by atoms with Crippen molar-refractivity contribution in [3.05, 3.63) is 29.8 Å². The second kappa shape index (κ2) is 10.7. The first kappa shape index (κ1) is 24.0. The van der Waals surface area contributed by atoms with E-state index < -0.39 is 19.9 Å². The summed E-state index contributed by atoms with van der Waals surface area (Å²) in [6.07, 6.45) is 5.32. The minimum atomic E-state index is -3.50. The molecule has 29 heavy (non-hydrogen) atoms. The molecular weight excluding hydrogens is 410 g/mol. The SMILES string of the molecule is CC(C)S(=O)(=O)CCCCCC(=O)Cc1cccc(S(=O)(=O)N2CCCCC2)c1. The number of unbranched alkanes of at least 4 members (excludes halogenated alkanes) is 2. The van der Waals surface area contributed by atoms with Crippen LogP contribution in [0.25, 0.3) is 0 Å². The molecule has 8 heteroatoms. The molecule has 1 saturated heterocycles. The topological polar surface area (TPSA) is 88.6 Å². The molecule has 0 N–H and O–H groups in total. The van der Waals surface area contributed by atoms with E-state index in [9.17, 15) is 21.6 Å². The van der Waals surface area contributed by atoms with E-state index in [-0.39, 0.29) is 28.1 Å². The number of rotatable bonds is 11. The summed E-state index contributed by atoms with van der Waals surface area (Å²) in [7, 11) is -6.52. The highest BCUT2D eigenvalue weighted by Gasteiger charge is 2.26. The number of Topliss-reactive ketones (excluding diaryl/α,β-unsaturated/α-hetero) is 1. The maximum absolute atomic E-state index is 12.8. The van der Waals surface area contributed by atoms with Crippen LogP contribution in [0.3, 0.4) is 0 Å². The summed E-state index contributed by atoms with van der Waals surface area (Å²) < 4.78 is 50.7. The predicted octanol–water partition coefficient (Wildman–Crippen LogP) is 3.36. The number of piperidine rings is 1. The largest absolute Gasteiger partial charge is 0.299 e. The average Bonchev–Trinajstić information content (AvgIpc) is 2.68. The van der Waals surface area contributed by atoms with Gasteiger partial charge >= 0.3 is 0 Å². The molecule has 0 bridgehead atoms. The molecule has 0 aromatic heterocycles. The lowest BCUT2D eigenvalue weighted by atomic mass is 10.0. The monoisotopic (exact) mass is 443 g/mol. The number of benzene rings is 1. The van der Waals surface area contributed by atoms with E-state index in [0.717, 1.165) is 19.3 Å². The molecule has 0 atom stereocenters. The number of ketones is 1. The molecular formula is C21H33NO5S2. The zero-order valence-corrected chi connectivity index (χ0v) is 19.1. The van der Waals surface area contributed by atoms with Gasteiger partial charge in [0.05, 0.1) is 15.9 Å². The van der Waals surface area contributed by atoms with Gasteiger partial charge in [0, 0.05) is 25.9 Å². The third-order valence-corrected chi connectivity index (χ3v) is 9.54. The standard InChI is InChI=1S/C21H33NO5S2/c1-18(2)28(24,25)15-8-3-5-11-20(23)16-19-10-9-12-21(17-19)29(26,27)22-13-6-4-7-14-22/h9-10,12,17-18H,3-8,11,13-16H2,1-2H3. The van der Waals surface area contributed by atoms with Crippen LogP contribution in [-0.4, -0.2) is 51.0 Å².